The molecule has 2 N–H and O–H groups in total. The van der Waals surface area contributed by atoms with Gasteiger partial charge in [0, 0.05) is 17.5 Å². The molecule has 0 radical (unpaired) electrons. The fourth-order valence-electron chi connectivity index (χ4n) is 4.07. The molecule has 1 saturated heterocycles. The number of hydrogen-bond donors (Lipinski definition) is 2. The summed E-state index contributed by atoms with van der Waals surface area (Å²) in [6.07, 6.45) is 6.82. The van der Waals surface area contributed by atoms with Crippen LogP contribution in [-0.2, 0) is 10.2 Å². The fourth-order valence-corrected chi connectivity index (χ4v) is 4.07. The minimum absolute atomic E-state index is 0.00939. The third-order valence-corrected chi connectivity index (χ3v) is 6.10. The minimum Gasteiger partial charge on any atom is -0.418 e. The van der Waals surface area contributed by atoms with Gasteiger partial charge in [0.1, 0.15) is 6.04 Å². The zero-order valence-electron chi connectivity index (χ0n) is 17.2. The van der Waals surface area contributed by atoms with Crippen LogP contribution < -0.4 is 5.32 Å². The molecule has 1 amide bonds. The normalized spacial score (nSPS) is 22.4. The van der Waals surface area contributed by atoms with Gasteiger partial charge in [-0.15, -0.1) is 10.2 Å². The third kappa shape index (κ3) is 4.43. The summed E-state index contributed by atoms with van der Waals surface area (Å²) in [6.45, 7) is 6.29. The van der Waals surface area contributed by atoms with Crippen LogP contribution in [0.25, 0.3) is 0 Å². The fraction of sp³-hybridized carbons (Fsp3) is 0.800. The predicted molar refractivity (Wildman–Crippen MR) is 103 cm³/mol. The summed E-state index contributed by atoms with van der Waals surface area (Å²) >= 11 is 0. The molecule has 1 aliphatic heterocycles. The third-order valence-electron chi connectivity index (χ3n) is 6.10. The Balaban J connectivity index is 1.67. The lowest BCUT2D eigenvalue weighted by Gasteiger charge is -2.29. The van der Waals surface area contributed by atoms with E-state index in [1.807, 2.05) is 13.8 Å². The van der Waals surface area contributed by atoms with Crippen LogP contribution >= 0.6 is 0 Å². The molecular weight excluding hydrogens is 360 g/mol. The van der Waals surface area contributed by atoms with Gasteiger partial charge in [0.2, 0.25) is 17.6 Å². The minimum atomic E-state index is -0.556. The second-order valence-corrected chi connectivity index (χ2v) is 9.04. The highest BCUT2D eigenvalue weighted by Crippen LogP contribution is 2.38. The van der Waals surface area contributed by atoms with Gasteiger partial charge in [0.25, 0.3) is 5.89 Å². The number of rotatable bonds is 7. The summed E-state index contributed by atoms with van der Waals surface area (Å²) in [5, 5.41) is 20.5. The summed E-state index contributed by atoms with van der Waals surface area (Å²) in [7, 11) is 0. The molecule has 2 aliphatic rings. The molecule has 156 valence electrons. The lowest BCUT2D eigenvalue weighted by Crippen LogP contribution is -2.50. The molecular formula is C20H32N4O4. The van der Waals surface area contributed by atoms with Gasteiger partial charge in [0.15, 0.2) is 0 Å². The largest absolute Gasteiger partial charge is 0.418 e. The maximum absolute atomic E-state index is 13.0. The van der Waals surface area contributed by atoms with E-state index in [0.29, 0.717) is 18.9 Å². The molecule has 1 aliphatic carbocycles. The Morgan fingerprint density at radius 3 is 2.64 bits per heavy atom. The number of amides is 1. The van der Waals surface area contributed by atoms with E-state index in [1.165, 1.54) is 6.42 Å². The average Bonchev–Trinajstić information content (AvgIpc) is 3.36. The number of aliphatic hydroxyl groups excluding tert-OH is 1. The SMILES string of the molecule is CC(C)(CO)NCC(=O)N1CCCC1C(=O)c1nnc(C2(C)CCCCC2)o1. The lowest BCUT2D eigenvalue weighted by atomic mass is 9.76. The Hall–Kier alpha value is -1.80. The highest BCUT2D eigenvalue weighted by atomic mass is 16.4. The van der Waals surface area contributed by atoms with Crippen LogP contribution in [0.5, 0.6) is 0 Å². The maximum Gasteiger partial charge on any atom is 0.286 e. The molecule has 28 heavy (non-hydrogen) atoms. The van der Waals surface area contributed by atoms with E-state index >= 15 is 0 Å². The van der Waals surface area contributed by atoms with E-state index in [4.69, 9.17) is 4.42 Å². The summed E-state index contributed by atoms with van der Waals surface area (Å²) in [5.41, 5.74) is -0.708. The number of carbonyl (C=O) groups is 2. The Labute approximate surface area is 166 Å². The first-order valence-electron chi connectivity index (χ1n) is 10.3. The van der Waals surface area contributed by atoms with Gasteiger partial charge in [-0.2, -0.15) is 0 Å². The topological polar surface area (TPSA) is 109 Å². The Bertz CT molecular complexity index is 709. The molecule has 2 fully saturated rings. The van der Waals surface area contributed by atoms with Crippen molar-refractivity contribution >= 4 is 11.7 Å². The Kier molecular flexibility index (Phi) is 6.19. The molecule has 2 heterocycles. The van der Waals surface area contributed by atoms with Gasteiger partial charge in [0.05, 0.1) is 13.2 Å². The number of aromatic nitrogens is 2. The van der Waals surface area contributed by atoms with E-state index < -0.39 is 11.6 Å². The van der Waals surface area contributed by atoms with Crippen LogP contribution in [0.1, 0.15) is 82.3 Å². The van der Waals surface area contributed by atoms with Gasteiger partial charge in [-0.1, -0.05) is 26.2 Å². The van der Waals surface area contributed by atoms with E-state index in [-0.39, 0.29) is 36.1 Å². The maximum atomic E-state index is 13.0. The van der Waals surface area contributed by atoms with Crippen molar-refractivity contribution in [2.45, 2.75) is 82.7 Å². The molecule has 1 saturated carbocycles. The Morgan fingerprint density at radius 2 is 1.96 bits per heavy atom. The van der Waals surface area contributed by atoms with Crippen molar-refractivity contribution in [3.63, 3.8) is 0 Å². The van der Waals surface area contributed by atoms with Gasteiger partial charge in [-0.25, -0.2) is 0 Å². The molecule has 8 nitrogen and oxygen atoms in total. The zero-order chi connectivity index (χ0) is 20.4. The van der Waals surface area contributed by atoms with E-state index in [0.717, 1.165) is 32.1 Å². The molecule has 0 spiro atoms. The molecule has 1 unspecified atom stereocenters. The first kappa shape index (κ1) is 20.9. The predicted octanol–water partition coefficient (Wildman–Crippen LogP) is 1.83. The van der Waals surface area contributed by atoms with Crippen LogP contribution in [-0.4, -0.2) is 63.2 Å². The molecule has 0 bridgehead atoms. The quantitative estimate of drug-likeness (QED) is 0.681. The van der Waals surface area contributed by atoms with Crippen molar-refractivity contribution in [1.82, 2.24) is 20.4 Å². The van der Waals surface area contributed by atoms with Crippen molar-refractivity contribution in [2.75, 3.05) is 19.7 Å². The highest BCUT2D eigenvalue weighted by molar-refractivity contribution is 5.98. The number of carbonyl (C=O) groups excluding carboxylic acids is 2. The molecule has 1 aromatic heterocycles. The van der Waals surface area contributed by atoms with Crippen LogP contribution in [0, 0.1) is 0 Å². The highest BCUT2D eigenvalue weighted by Gasteiger charge is 2.39. The van der Waals surface area contributed by atoms with Crippen molar-refractivity contribution in [3.8, 4) is 0 Å². The van der Waals surface area contributed by atoms with Crippen LogP contribution in [0.3, 0.4) is 0 Å². The lowest BCUT2D eigenvalue weighted by molar-refractivity contribution is -0.130. The number of Topliss-reactive ketones (excluding diaryl/α,β-unsaturated/α-hetero) is 1. The van der Waals surface area contributed by atoms with Gasteiger partial charge >= 0.3 is 0 Å². The van der Waals surface area contributed by atoms with Crippen LogP contribution in [0.4, 0.5) is 0 Å². The van der Waals surface area contributed by atoms with Crippen LogP contribution in [0.15, 0.2) is 4.42 Å². The van der Waals surface area contributed by atoms with Crippen molar-refractivity contribution < 1.29 is 19.1 Å². The van der Waals surface area contributed by atoms with Crippen molar-refractivity contribution in [3.05, 3.63) is 11.8 Å². The van der Waals surface area contributed by atoms with Crippen molar-refractivity contribution in [1.29, 1.82) is 0 Å². The number of nitrogens with zero attached hydrogens (tertiary/aromatic N) is 3. The van der Waals surface area contributed by atoms with Gasteiger partial charge < -0.3 is 19.7 Å². The summed E-state index contributed by atoms with van der Waals surface area (Å²) in [6, 6.07) is -0.556. The molecule has 1 aromatic rings. The van der Waals surface area contributed by atoms with Gasteiger partial charge in [-0.3, -0.25) is 9.59 Å². The number of hydrogen-bond acceptors (Lipinski definition) is 7. The van der Waals surface area contributed by atoms with Gasteiger partial charge in [-0.05, 0) is 39.5 Å². The van der Waals surface area contributed by atoms with Crippen molar-refractivity contribution in [2.24, 2.45) is 0 Å². The number of likely N-dealkylation sites (tertiary alicyclic amines) is 1. The zero-order valence-corrected chi connectivity index (χ0v) is 17.2. The average molecular weight is 393 g/mol. The summed E-state index contributed by atoms with van der Waals surface area (Å²) in [4.78, 5) is 27.2. The van der Waals surface area contributed by atoms with Crippen LogP contribution in [0.2, 0.25) is 0 Å². The Morgan fingerprint density at radius 1 is 1.25 bits per heavy atom. The molecule has 8 heteroatoms. The summed E-state index contributed by atoms with van der Waals surface area (Å²) < 4.78 is 5.80. The number of nitrogens with one attached hydrogen (secondary N) is 1. The first-order chi connectivity index (χ1) is 13.3. The number of ketones is 1. The monoisotopic (exact) mass is 392 g/mol. The molecule has 3 rings (SSSR count). The number of aliphatic hydroxyl groups is 1. The standard InChI is InChI=1S/C20H32N4O4/c1-19(2,13-25)21-12-15(26)24-11-7-8-14(24)16(27)17-22-23-18(28-17)20(3)9-5-4-6-10-20/h14,21,25H,4-13H2,1-3H3. The smallest absolute Gasteiger partial charge is 0.286 e. The second kappa shape index (κ2) is 8.29. The van der Waals surface area contributed by atoms with E-state index in [2.05, 4.69) is 22.4 Å². The molecule has 1 atom stereocenters. The first-order valence-corrected chi connectivity index (χ1v) is 10.3. The molecule has 0 aromatic carbocycles. The second-order valence-electron chi connectivity index (χ2n) is 9.04. The van der Waals surface area contributed by atoms with E-state index in [1.54, 1.807) is 4.90 Å². The van der Waals surface area contributed by atoms with E-state index in [9.17, 15) is 14.7 Å². The summed E-state index contributed by atoms with van der Waals surface area (Å²) in [5.74, 6) is 0.120.